The SMILES string of the molecule is CCOCC1CN(C(=O)COC)Cc2cnn(C)c21. The second-order valence-electron chi connectivity index (χ2n) is 4.74. The molecule has 1 amide bonds. The van der Waals surface area contributed by atoms with Gasteiger partial charge in [0.25, 0.3) is 0 Å². The summed E-state index contributed by atoms with van der Waals surface area (Å²) in [6, 6.07) is 0. The van der Waals surface area contributed by atoms with Gasteiger partial charge in [-0.3, -0.25) is 9.48 Å². The number of hydrogen-bond donors (Lipinski definition) is 0. The highest BCUT2D eigenvalue weighted by atomic mass is 16.5. The fourth-order valence-electron chi connectivity index (χ4n) is 2.56. The summed E-state index contributed by atoms with van der Waals surface area (Å²) >= 11 is 0. The van der Waals surface area contributed by atoms with E-state index in [2.05, 4.69) is 5.10 Å². The number of ether oxygens (including phenoxy) is 2. The molecular formula is C13H21N3O3. The summed E-state index contributed by atoms with van der Waals surface area (Å²) in [6.45, 7) is 4.65. The molecule has 19 heavy (non-hydrogen) atoms. The topological polar surface area (TPSA) is 56.6 Å². The molecule has 2 heterocycles. The highest BCUT2D eigenvalue weighted by Crippen LogP contribution is 2.28. The zero-order valence-electron chi connectivity index (χ0n) is 11.8. The number of nitrogens with zero attached hydrogens (tertiary/aromatic N) is 3. The lowest BCUT2D eigenvalue weighted by Gasteiger charge is -2.33. The molecule has 1 aromatic heterocycles. The Bertz CT molecular complexity index is 444. The fourth-order valence-corrected chi connectivity index (χ4v) is 2.56. The van der Waals surface area contributed by atoms with Crippen LogP contribution in [0.4, 0.5) is 0 Å². The lowest BCUT2D eigenvalue weighted by atomic mass is 9.97. The average Bonchev–Trinajstić information content (AvgIpc) is 2.78. The largest absolute Gasteiger partial charge is 0.381 e. The molecule has 106 valence electrons. The van der Waals surface area contributed by atoms with Crippen LogP contribution in [-0.2, 0) is 27.9 Å². The van der Waals surface area contributed by atoms with Crippen molar-refractivity contribution >= 4 is 5.91 Å². The molecule has 0 radical (unpaired) electrons. The van der Waals surface area contributed by atoms with Gasteiger partial charge in [0.2, 0.25) is 5.91 Å². The molecule has 1 aliphatic rings. The molecule has 0 spiro atoms. The van der Waals surface area contributed by atoms with Crippen molar-refractivity contribution in [2.24, 2.45) is 7.05 Å². The zero-order chi connectivity index (χ0) is 13.8. The minimum atomic E-state index is 0.0125. The number of methoxy groups -OCH3 is 1. The molecule has 0 N–H and O–H groups in total. The number of aromatic nitrogens is 2. The van der Waals surface area contributed by atoms with Gasteiger partial charge < -0.3 is 14.4 Å². The Morgan fingerprint density at radius 1 is 1.58 bits per heavy atom. The van der Waals surface area contributed by atoms with Crippen molar-refractivity contribution in [3.05, 3.63) is 17.5 Å². The molecule has 1 aromatic rings. The predicted molar refractivity (Wildman–Crippen MR) is 69.7 cm³/mol. The van der Waals surface area contributed by atoms with E-state index in [1.807, 2.05) is 29.7 Å². The van der Waals surface area contributed by atoms with Gasteiger partial charge in [0.05, 0.1) is 18.5 Å². The summed E-state index contributed by atoms with van der Waals surface area (Å²) in [4.78, 5) is 13.8. The summed E-state index contributed by atoms with van der Waals surface area (Å²) in [6.07, 6.45) is 1.83. The van der Waals surface area contributed by atoms with Crippen LogP contribution in [0.3, 0.4) is 0 Å². The van der Waals surface area contributed by atoms with E-state index in [9.17, 15) is 4.79 Å². The maximum absolute atomic E-state index is 12.0. The number of carbonyl (C=O) groups excluding carboxylic acids is 1. The Morgan fingerprint density at radius 2 is 2.37 bits per heavy atom. The minimum absolute atomic E-state index is 0.0125. The first-order chi connectivity index (χ1) is 9.17. The Balaban J connectivity index is 2.17. The Hall–Kier alpha value is -1.40. The smallest absolute Gasteiger partial charge is 0.248 e. The second kappa shape index (κ2) is 6.16. The van der Waals surface area contributed by atoms with Crippen LogP contribution in [0.1, 0.15) is 24.1 Å². The first-order valence-corrected chi connectivity index (χ1v) is 6.52. The lowest BCUT2D eigenvalue weighted by molar-refractivity contribution is -0.136. The second-order valence-corrected chi connectivity index (χ2v) is 4.74. The van der Waals surface area contributed by atoms with E-state index in [1.165, 1.54) is 12.8 Å². The summed E-state index contributed by atoms with van der Waals surface area (Å²) in [5.41, 5.74) is 2.28. The molecular weight excluding hydrogens is 246 g/mol. The number of amides is 1. The zero-order valence-corrected chi connectivity index (χ0v) is 11.8. The first kappa shape index (κ1) is 14.0. The quantitative estimate of drug-likeness (QED) is 0.781. The molecule has 1 atom stereocenters. The normalized spacial score (nSPS) is 18.5. The van der Waals surface area contributed by atoms with Gasteiger partial charge in [-0.15, -0.1) is 0 Å². The molecule has 1 unspecified atom stereocenters. The summed E-state index contributed by atoms with van der Waals surface area (Å²) in [5, 5.41) is 4.29. The van der Waals surface area contributed by atoms with Crippen molar-refractivity contribution < 1.29 is 14.3 Å². The number of carbonyl (C=O) groups is 1. The van der Waals surface area contributed by atoms with Gasteiger partial charge in [-0.25, -0.2) is 0 Å². The molecule has 6 heteroatoms. The molecule has 0 fully saturated rings. The highest BCUT2D eigenvalue weighted by Gasteiger charge is 2.30. The van der Waals surface area contributed by atoms with Crippen LogP contribution in [0.2, 0.25) is 0 Å². The van der Waals surface area contributed by atoms with Crippen molar-refractivity contribution in [2.45, 2.75) is 19.4 Å². The van der Waals surface area contributed by atoms with Gasteiger partial charge in [-0.2, -0.15) is 5.10 Å². The Morgan fingerprint density at radius 3 is 3.05 bits per heavy atom. The van der Waals surface area contributed by atoms with Gasteiger partial charge in [0.15, 0.2) is 0 Å². The van der Waals surface area contributed by atoms with Crippen molar-refractivity contribution in [1.29, 1.82) is 0 Å². The van der Waals surface area contributed by atoms with Gasteiger partial charge in [0.1, 0.15) is 6.61 Å². The summed E-state index contributed by atoms with van der Waals surface area (Å²) in [7, 11) is 3.47. The number of hydrogen-bond acceptors (Lipinski definition) is 4. The monoisotopic (exact) mass is 267 g/mol. The summed E-state index contributed by atoms with van der Waals surface area (Å²) < 4.78 is 12.3. The highest BCUT2D eigenvalue weighted by molar-refractivity contribution is 5.77. The maximum Gasteiger partial charge on any atom is 0.248 e. The van der Waals surface area contributed by atoms with Gasteiger partial charge in [0, 0.05) is 45.3 Å². The molecule has 6 nitrogen and oxygen atoms in total. The molecule has 0 aromatic carbocycles. The van der Waals surface area contributed by atoms with Crippen LogP contribution in [0.25, 0.3) is 0 Å². The van der Waals surface area contributed by atoms with E-state index in [0.717, 1.165) is 5.56 Å². The van der Waals surface area contributed by atoms with E-state index in [-0.39, 0.29) is 18.4 Å². The number of fused-ring (bicyclic) bond motifs is 1. The van der Waals surface area contributed by atoms with Gasteiger partial charge in [-0.1, -0.05) is 0 Å². The third-order valence-corrected chi connectivity index (χ3v) is 3.40. The Labute approximate surface area is 113 Å². The molecule has 0 aliphatic carbocycles. The molecule has 0 saturated heterocycles. The van der Waals surface area contributed by atoms with Crippen LogP contribution in [0, 0.1) is 0 Å². The van der Waals surface area contributed by atoms with Crippen LogP contribution in [0.15, 0.2) is 6.20 Å². The van der Waals surface area contributed by atoms with E-state index in [0.29, 0.717) is 26.3 Å². The van der Waals surface area contributed by atoms with Crippen LogP contribution in [-0.4, -0.2) is 54.1 Å². The third-order valence-electron chi connectivity index (χ3n) is 3.40. The predicted octanol–water partition coefficient (Wildman–Crippen LogP) is 0.529. The maximum atomic E-state index is 12.0. The van der Waals surface area contributed by atoms with Crippen molar-refractivity contribution in [2.75, 3.05) is 33.5 Å². The van der Waals surface area contributed by atoms with Gasteiger partial charge in [-0.05, 0) is 6.92 Å². The van der Waals surface area contributed by atoms with E-state index in [1.54, 1.807) is 0 Å². The van der Waals surface area contributed by atoms with Crippen molar-refractivity contribution in [3.8, 4) is 0 Å². The van der Waals surface area contributed by atoms with Crippen molar-refractivity contribution in [3.63, 3.8) is 0 Å². The Kier molecular flexibility index (Phi) is 4.55. The number of aryl methyl sites for hydroxylation is 1. The van der Waals surface area contributed by atoms with Crippen LogP contribution >= 0.6 is 0 Å². The van der Waals surface area contributed by atoms with E-state index in [4.69, 9.17) is 9.47 Å². The standard InChI is InChI=1S/C13H21N3O3/c1-4-19-8-11-7-16(12(17)9-18-3)6-10-5-14-15(2)13(10)11/h5,11H,4,6-9H2,1-3H3. The van der Waals surface area contributed by atoms with Crippen LogP contribution < -0.4 is 0 Å². The molecule has 1 aliphatic heterocycles. The number of rotatable bonds is 5. The molecule has 2 rings (SSSR count). The third kappa shape index (κ3) is 2.96. The first-order valence-electron chi connectivity index (χ1n) is 6.52. The summed E-state index contributed by atoms with van der Waals surface area (Å²) in [5.74, 6) is 0.190. The van der Waals surface area contributed by atoms with Crippen LogP contribution in [0.5, 0.6) is 0 Å². The van der Waals surface area contributed by atoms with E-state index < -0.39 is 0 Å². The lowest BCUT2D eigenvalue weighted by Crippen LogP contribution is -2.41. The average molecular weight is 267 g/mol. The molecule has 0 bridgehead atoms. The minimum Gasteiger partial charge on any atom is -0.381 e. The van der Waals surface area contributed by atoms with E-state index >= 15 is 0 Å². The fraction of sp³-hybridized carbons (Fsp3) is 0.692. The molecule has 0 saturated carbocycles. The van der Waals surface area contributed by atoms with Gasteiger partial charge >= 0.3 is 0 Å². The van der Waals surface area contributed by atoms with Crippen molar-refractivity contribution in [1.82, 2.24) is 14.7 Å².